The Hall–Kier alpha value is -0.0800. The van der Waals surface area contributed by atoms with Gasteiger partial charge in [0.05, 0.1) is 0 Å². The van der Waals surface area contributed by atoms with Crippen molar-refractivity contribution in [1.82, 2.24) is 10.2 Å². The van der Waals surface area contributed by atoms with E-state index in [2.05, 4.69) is 37.9 Å². The van der Waals surface area contributed by atoms with E-state index < -0.39 is 0 Å². The molecule has 2 nitrogen and oxygen atoms in total. The van der Waals surface area contributed by atoms with Gasteiger partial charge in [-0.1, -0.05) is 27.7 Å². The Kier molecular flexibility index (Phi) is 6.37. The topological polar surface area (TPSA) is 15.3 Å². The molecule has 0 amide bonds. The quantitative estimate of drug-likeness (QED) is 0.701. The molecule has 1 fully saturated rings. The van der Waals surface area contributed by atoms with E-state index in [9.17, 15) is 0 Å². The van der Waals surface area contributed by atoms with Gasteiger partial charge in [-0.05, 0) is 57.3 Å². The monoisotopic (exact) mass is 226 g/mol. The predicted molar refractivity (Wildman–Crippen MR) is 71.8 cm³/mol. The predicted octanol–water partition coefficient (Wildman–Crippen LogP) is 2.74. The van der Waals surface area contributed by atoms with Gasteiger partial charge in [-0.25, -0.2) is 0 Å². The molecule has 1 saturated heterocycles. The first kappa shape index (κ1) is 14.0. The molecule has 0 spiro atoms. The maximum atomic E-state index is 3.49. The highest BCUT2D eigenvalue weighted by Crippen LogP contribution is 2.24. The normalized spacial score (nSPS) is 19.9. The van der Waals surface area contributed by atoms with Crippen molar-refractivity contribution in [3.8, 4) is 0 Å². The standard InChI is InChI=1S/C14H30N2/c1-12(2)14-6-10-16(11-7-14)9-5-8-15-13(3)4/h12-15H,5-11H2,1-4H3. The lowest BCUT2D eigenvalue weighted by atomic mass is 9.87. The van der Waals surface area contributed by atoms with Crippen LogP contribution in [0.3, 0.4) is 0 Å². The van der Waals surface area contributed by atoms with Crippen molar-refractivity contribution in [3.63, 3.8) is 0 Å². The second-order valence-corrected chi connectivity index (χ2v) is 5.89. The molecule has 0 unspecified atom stereocenters. The summed E-state index contributed by atoms with van der Waals surface area (Å²) in [7, 11) is 0. The minimum Gasteiger partial charge on any atom is -0.314 e. The van der Waals surface area contributed by atoms with Crippen LogP contribution in [-0.4, -0.2) is 37.1 Å². The van der Waals surface area contributed by atoms with Crippen LogP contribution in [0.25, 0.3) is 0 Å². The summed E-state index contributed by atoms with van der Waals surface area (Å²) in [5.41, 5.74) is 0. The third-order valence-electron chi connectivity index (χ3n) is 3.78. The molecular formula is C14H30N2. The molecule has 1 aliphatic heterocycles. The van der Waals surface area contributed by atoms with E-state index in [0.717, 1.165) is 11.8 Å². The van der Waals surface area contributed by atoms with E-state index >= 15 is 0 Å². The van der Waals surface area contributed by atoms with Gasteiger partial charge in [0.2, 0.25) is 0 Å². The fraction of sp³-hybridized carbons (Fsp3) is 1.00. The molecular weight excluding hydrogens is 196 g/mol. The van der Waals surface area contributed by atoms with E-state index in [0.29, 0.717) is 6.04 Å². The van der Waals surface area contributed by atoms with Crippen molar-refractivity contribution in [2.75, 3.05) is 26.2 Å². The van der Waals surface area contributed by atoms with Gasteiger partial charge in [0.1, 0.15) is 0 Å². The zero-order valence-corrected chi connectivity index (χ0v) is 11.6. The Balaban J connectivity index is 2.04. The molecule has 0 aromatic carbocycles. The summed E-state index contributed by atoms with van der Waals surface area (Å²) < 4.78 is 0. The van der Waals surface area contributed by atoms with Gasteiger partial charge in [-0.15, -0.1) is 0 Å². The van der Waals surface area contributed by atoms with Crippen LogP contribution < -0.4 is 5.32 Å². The van der Waals surface area contributed by atoms with Gasteiger partial charge in [-0.2, -0.15) is 0 Å². The lowest BCUT2D eigenvalue weighted by Crippen LogP contribution is -2.37. The van der Waals surface area contributed by atoms with Gasteiger partial charge >= 0.3 is 0 Å². The summed E-state index contributed by atoms with van der Waals surface area (Å²) in [4.78, 5) is 2.64. The van der Waals surface area contributed by atoms with Crippen LogP contribution in [0.5, 0.6) is 0 Å². The van der Waals surface area contributed by atoms with Crippen molar-refractivity contribution < 1.29 is 0 Å². The summed E-state index contributed by atoms with van der Waals surface area (Å²) in [6, 6.07) is 0.631. The Morgan fingerprint density at radius 1 is 1.12 bits per heavy atom. The summed E-state index contributed by atoms with van der Waals surface area (Å²) in [5, 5.41) is 3.49. The molecule has 0 atom stereocenters. The molecule has 1 rings (SSSR count). The molecule has 0 bridgehead atoms. The smallest absolute Gasteiger partial charge is 0.00103 e. The highest BCUT2D eigenvalue weighted by atomic mass is 15.1. The third-order valence-corrected chi connectivity index (χ3v) is 3.78. The van der Waals surface area contributed by atoms with E-state index in [4.69, 9.17) is 0 Å². The fourth-order valence-corrected chi connectivity index (χ4v) is 2.54. The van der Waals surface area contributed by atoms with Crippen LogP contribution in [0.2, 0.25) is 0 Å². The van der Waals surface area contributed by atoms with Crippen molar-refractivity contribution in [2.24, 2.45) is 11.8 Å². The number of nitrogens with zero attached hydrogens (tertiary/aromatic N) is 1. The van der Waals surface area contributed by atoms with E-state index in [1.54, 1.807) is 0 Å². The second kappa shape index (κ2) is 7.29. The summed E-state index contributed by atoms with van der Waals surface area (Å²) in [5.74, 6) is 1.86. The molecule has 1 aliphatic rings. The number of nitrogens with one attached hydrogen (secondary N) is 1. The average molecular weight is 226 g/mol. The Morgan fingerprint density at radius 3 is 2.25 bits per heavy atom. The first-order chi connectivity index (χ1) is 7.59. The summed E-state index contributed by atoms with van der Waals surface area (Å²) in [6.07, 6.45) is 4.12. The molecule has 1 N–H and O–H groups in total. The number of hydrogen-bond donors (Lipinski definition) is 1. The van der Waals surface area contributed by atoms with E-state index in [1.165, 1.54) is 45.4 Å². The maximum absolute atomic E-state index is 3.49. The third kappa shape index (κ3) is 5.31. The molecule has 0 aromatic rings. The van der Waals surface area contributed by atoms with Crippen LogP contribution in [0.15, 0.2) is 0 Å². The van der Waals surface area contributed by atoms with Gasteiger partial charge in [-0.3, -0.25) is 0 Å². The number of hydrogen-bond acceptors (Lipinski definition) is 2. The highest BCUT2D eigenvalue weighted by molar-refractivity contribution is 4.74. The van der Waals surface area contributed by atoms with Crippen LogP contribution in [-0.2, 0) is 0 Å². The van der Waals surface area contributed by atoms with Crippen LogP contribution >= 0.6 is 0 Å². The number of likely N-dealkylation sites (tertiary alicyclic amines) is 1. The van der Waals surface area contributed by atoms with Gasteiger partial charge in [0.25, 0.3) is 0 Å². The average Bonchev–Trinajstić information content (AvgIpc) is 2.25. The SMILES string of the molecule is CC(C)NCCCN1CCC(C(C)C)CC1. The Morgan fingerprint density at radius 2 is 1.75 bits per heavy atom. The van der Waals surface area contributed by atoms with Crippen molar-refractivity contribution >= 4 is 0 Å². The van der Waals surface area contributed by atoms with Crippen LogP contribution in [0.1, 0.15) is 47.0 Å². The minimum absolute atomic E-state index is 0.631. The van der Waals surface area contributed by atoms with E-state index in [1.807, 2.05) is 0 Å². The Labute approximate surface area is 102 Å². The van der Waals surface area contributed by atoms with Gasteiger partial charge in [0, 0.05) is 6.04 Å². The van der Waals surface area contributed by atoms with Crippen LogP contribution in [0, 0.1) is 11.8 Å². The molecule has 1 heterocycles. The first-order valence-corrected chi connectivity index (χ1v) is 7.05. The molecule has 0 saturated carbocycles. The fourth-order valence-electron chi connectivity index (χ4n) is 2.54. The largest absolute Gasteiger partial charge is 0.314 e. The molecule has 2 heteroatoms. The lowest BCUT2D eigenvalue weighted by molar-refractivity contribution is 0.156. The summed E-state index contributed by atoms with van der Waals surface area (Å²) >= 11 is 0. The highest BCUT2D eigenvalue weighted by Gasteiger charge is 2.20. The zero-order valence-electron chi connectivity index (χ0n) is 11.6. The summed E-state index contributed by atoms with van der Waals surface area (Å²) in [6.45, 7) is 14.3. The molecule has 96 valence electrons. The second-order valence-electron chi connectivity index (χ2n) is 5.89. The number of rotatable bonds is 6. The molecule has 16 heavy (non-hydrogen) atoms. The minimum atomic E-state index is 0.631. The maximum Gasteiger partial charge on any atom is 0.00103 e. The van der Waals surface area contributed by atoms with Crippen molar-refractivity contribution in [3.05, 3.63) is 0 Å². The molecule has 0 aliphatic carbocycles. The van der Waals surface area contributed by atoms with Crippen LogP contribution in [0.4, 0.5) is 0 Å². The Bertz CT molecular complexity index is 170. The first-order valence-electron chi connectivity index (χ1n) is 7.05. The van der Waals surface area contributed by atoms with Crippen molar-refractivity contribution in [1.29, 1.82) is 0 Å². The number of piperidine rings is 1. The van der Waals surface area contributed by atoms with E-state index in [-0.39, 0.29) is 0 Å². The van der Waals surface area contributed by atoms with Gasteiger partial charge < -0.3 is 10.2 Å². The molecule has 0 aromatic heterocycles. The molecule has 0 radical (unpaired) electrons. The van der Waals surface area contributed by atoms with Gasteiger partial charge in [0.15, 0.2) is 0 Å². The van der Waals surface area contributed by atoms with Crippen molar-refractivity contribution in [2.45, 2.75) is 53.0 Å². The lowest BCUT2D eigenvalue weighted by Gasteiger charge is -2.33. The zero-order chi connectivity index (χ0) is 12.0.